The highest BCUT2D eigenvalue weighted by molar-refractivity contribution is 8.05. The zero-order valence-electron chi connectivity index (χ0n) is 10.4. The summed E-state index contributed by atoms with van der Waals surface area (Å²) < 4.78 is 16.1. The summed E-state index contributed by atoms with van der Waals surface area (Å²) in [6.45, 7) is 1.62. The third-order valence-electron chi connectivity index (χ3n) is 2.92. The van der Waals surface area contributed by atoms with E-state index >= 15 is 0 Å². The molecule has 2 rings (SSSR count). The van der Waals surface area contributed by atoms with E-state index in [0.29, 0.717) is 11.3 Å². The van der Waals surface area contributed by atoms with Crippen molar-refractivity contribution in [2.75, 3.05) is 0 Å². The minimum Gasteiger partial charge on any atom is -0.481 e. The van der Waals surface area contributed by atoms with Crippen LogP contribution in [0.4, 0.5) is 0 Å². The molecule has 0 saturated carbocycles. The van der Waals surface area contributed by atoms with Crippen LogP contribution >= 0.6 is 28.6 Å². The molecule has 0 amide bonds. The van der Waals surface area contributed by atoms with Gasteiger partial charge >= 0.3 is 12.0 Å². The van der Waals surface area contributed by atoms with Crippen LogP contribution in [0.25, 0.3) is 10.8 Å². The number of rotatable bonds is 4. The maximum atomic E-state index is 11.2. The van der Waals surface area contributed by atoms with Crippen molar-refractivity contribution in [3.63, 3.8) is 0 Å². The van der Waals surface area contributed by atoms with Gasteiger partial charge in [-0.2, -0.15) is 0 Å². The minimum atomic E-state index is -3.64. The van der Waals surface area contributed by atoms with Gasteiger partial charge in [0.05, 0.1) is 5.92 Å². The molecule has 0 aromatic heterocycles. The second-order valence-corrected chi connectivity index (χ2v) is 8.53. The summed E-state index contributed by atoms with van der Waals surface area (Å²) in [5.74, 6) is -1.17. The van der Waals surface area contributed by atoms with E-state index in [1.54, 1.807) is 43.3 Å². The van der Waals surface area contributed by atoms with E-state index in [9.17, 15) is 9.36 Å². The van der Waals surface area contributed by atoms with E-state index in [-0.39, 0.29) is 0 Å². The first-order valence-corrected chi connectivity index (χ1v) is 9.15. The molecule has 0 fully saturated rings. The van der Waals surface area contributed by atoms with Crippen LogP contribution in [-0.2, 0) is 9.36 Å². The van der Waals surface area contributed by atoms with Crippen molar-refractivity contribution in [1.29, 1.82) is 0 Å². The molecule has 4 nitrogen and oxygen atoms in total. The van der Waals surface area contributed by atoms with E-state index in [1.807, 2.05) is 0 Å². The fraction of sp³-hybridized carbons (Fsp3) is 0.154. The fourth-order valence-corrected chi connectivity index (χ4v) is 2.67. The lowest BCUT2D eigenvalue weighted by molar-refractivity contribution is -0.138. The Labute approximate surface area is 125 Å². The molecule has 0 spiro atoms. The van der Waals surface area contributed by atoms with Crippen molar-refractivity contribution >= 4 is 45.3 Å². The molecule has 7 heteroatoms. The van der Waals surface area contributed by atoms with Crippen LogP contribution in [0.15, 0.2) is 36.4 Å². The quantitative estimate of drug-likeness (QED) is 0.801. The molecule has 20 heavy (non-hydrogen) atoms. The van der Waals surface area contributed by atoms with Crippen molar-refractivity contribution in [2.24, 2.45) is 0 Å². The van der Waals surface area contributed by atoms with E-state index in [2.05, 4.69) is 0 Å². The zero-order valence-corrected chi connectivity index (χ0v) is 12.8. The molecular formula is C13H11Cl2O4P. The predicted molar refractivity (Wildman–Crippen MR) is 79.9 cm³/mol. The fourth-order valence-electron chi connectivity index (χ4n) is 1.83. The average molecular weight is 333 g/mol. The van der Waals surface area contributed by atoms with E-state index < -0.39 is 18.0 Å². The topological polar surface area (TPSA) is 63.6 Å². The van der Waals surface area contributed by atoms with Gasteiger partial charge in [-0.05, 0) is 35.4 Å². The molecule has 1 unspecified atom stereocenters. The monoisotopic (exact) mass is 332 g/mol. The van der Waals surface area contributed by atoms with Gasteiger partial charge < -0.3 is 9.63 Å². The van der Waals surface area contributed by atoms with Gasteiger partial charge in [0.15, 0.2) is 0 Å². The first-order valence-electron chi connectivity index (χ1n) is 5.72. The molecule has 1 atom stereocenters. The molecular weight excluding hydrogens is 322 g/mol. The summed E-state index contributed by atoms with van der Waals surface area (Å²) in [5.41, 5.74) is 0.707. The third kappa shape index (κ3) is 3.66. The second kappa shape index (κ2) is 5.65. The predicted octanol–water partition coefficient (Wildman–Crippen LogP) is 4.99. The summed E-state index contributed by atoms with van der Waals surface area (Å²) in [4.78, 5) is 11.0. The van der Waals surface area contributed by atoms with Crippen LogP contribution in [-0.4, -0.2) is 11.1 Å². The van der Waals surface area contributed by atoms with Crippen LogP contribution in [0.1, 0.15) is 18.4 Å². The number of hydrogen-bond acceptors (Lipinski definition) is 3. The third-order valence-corrected chi connectivity index (χ3v) is 3.76. The number of halogens is 2. The van der Waals surface area contributed by atoms with Crippen LogP contribution < -0.4 is 4.52 Å². The molecule has 2 aromatic carbocycles. The Balaban J connectivity index is 2.39. The van der Waals surface area contributed by atoms with E-state index in [0.717, 1.165) is 10.8 Å². The highest BCUT2D eigenvalue weighted by Gasteiger charge is 2.17. The lowest BCUT2D eigenvalue weighted by atomic mass is 9.98. The maximum Gasteiger partial charge on any atom is 0.428 e. The molecule has 0 saturated heterocycles. The molecule has 2 aromatic rings. The molecule has 0 aliphatic heterocycles. The Hall–Kier alpha value is -1.22. The van der Waals surface area contributed by atoms with Crippen LogP contribution in [0, 0.1) is 0 Å². The van der Waals surface area contributed by atoms with Gasteiger partial charge in [0.2, 0.25) is 0 Å². The highest BCUT2D eigenvalue weighted by atomic mass is 35.9. The van der Waals surface area contributed by atoms with Gasteiger partial charge in [-0.25, -0.2) is 4.57 Å². The second-order valence-electron chi connectivity index (χ2n) is 4.33. The van der Waals surface area contributed by atoms with Crippen LogP contribution in [0.2, 0.25) is 0 Å². The number of aliphatic carboxylic acids is 1. The maximum absolute atomic E-state index is 11.2. The van der Waals surface area contributed by atoms with Gasteiger partial charge in [-0.3, -0.25) is 4.79 Å². The van der Waals surface area contributed by atoms with Gasteiger partial charge in [-0.1, -0.05) is 24.3 Å². The lowest BCUT2D eigenvalue weighted by Gasteiger charge is -2.10. The molecule has 0 bridgehead atoms. The SMILES string of the molecule is CC(C(=O)O)c1ccc2cc(OP(=O)(Cl)Cl)ccc2c1. The summed E-state index contributed by atoms with van der Waals surface area (Å²) in [6.07, 6.45) is -3.64. The van der Waals surface area contributed by atoms with Gasteiger partial charge in [0.25, 0.3) is 0 Å². The minimum absolute atomic E-state index is 0.296. The van der Waals surface area contributed by atoms with Crippen molar-refractivity contribution in [3.05, 3.63) is 42.0 Å². The molecule has 0 aliphatic rings. The largest absolute Gasteiger partial charge is 0.481 e. The Morgan fingerprint density at radius 1 is 1.20 bits per heavy atom. The number of carboxylic acids is 1. The lowest BCUT2D eigenvalue weighted by Crippen LogP contribution is -2.06. The number of benzene rings is 2. The van der Waals surface area contributed by atoms with Crippen molar-refractivity contribution < 1.29 is 19.0 Å². The van der Waals surface area contributed by atoms with Crippen molar-refractivity contribution in [1.82, 2.24) is 0 Å². The Kier molecular flexibility index (Phi) is 4.28. The standard InChI is InChI=1S/C13H11Cl2O4P/c1-8(13(16)17)9-2-3-11-7-12(19-20(14,15)18)5-4-10(11)6-9/h2-8H,1H3,(H,16,17). The number of carboxylic acid groups (broad SMARTS) is 1. The Morgan fingerprint density at radius 3 is 2.40 bits per heavy atom. The summed E-state index contributed by atoms with van der Waals surface area (Å²) in [7, 11) is 0. The summed E-state index contributed by atoms with van der Waals surface area (Å²) in [6, 6.07) is 10.2. The molecule has 106 valence electrons. The van der Waals surface area contributed by atoms with Crippen LogP contribution in [0.3, 0.4) is 0 Å². The smallest absolute Gasteiger partial charge is 0.428 e. The average Bonchev–Trinajstić information content (AvgIpc) is 2.35. The van der Waals surface area contributed by atoms with Crippen molar-refractivity contribution in [2.45, 2.75) is 12.8 Å². The number of carbonyl (C=O) groups is 1. The molecule has 1 N–H and O–H groups in total. The van der Waals surface area contributed by atoms with E-state index in [4.69, 9.17) is 32.1 Å². The van der Waals surface area contributed by atoms with Gasteiger partial charge in [-0.15, -0.1) is 0 Å². The number of fused-ring (bicyclic) bond motifs is 1. The molecule has 0 heterocycles. The normalized spacial score (nSPS) is 13.2. The van der Waals surface area contributed by atoms with Crippen LogP contribution in [0.5, 0.6) is 5.75 Å². The molecule has 0 radical (unpaired) electrons. The summed E-state index contributed by atoms with van der Waals surface area (Å²) >= 11 is 10.7. The van der Waals surface area contributed by atoms with Gasteiger partial charge in [0.1, 0.15) is 5.75 Å². The first kappa shape index (κ1) is 15.2. The Bertz CT molecular complexity index is 711. The Morgan fingerprint density at radius 2 is 1.80 bits per heavy atom. The van der Waals surface area contributed by atoms with Crippen molar-refractivity contribution in [3.8, 4) is 5.75 Å². The summed E-state index contributed by atoms with van der Waals surface area (Å²) in [5, 5.41) is 10.7. The zero-order chi connectivity index (χ0) is 14.9. The molecule has 0 aliphatic carbocycles. The van der Waals surface area contributed by atoms with Gasteiger partial charge in [0, 0.05) is 22.5 Å². The number of hydrogen-bond donors (Lipinski definition) is 1. The first-order chi connectivity index (χ1) is 9.26. The van der Waals surface area contributed by atoms with E-state index in [1.165, 1.54) is 0 Å². The highest BCUT2D eigenvalue weighted by Crippen LogP contribution is 2.57.